The predicted octanol–water partition coefficient (Wildman–Crippen LogP) is 21.0. The van der Waals surface area contributed by atoms with E-state index in [4.69, 9.17) is 5.48 Å². The van der Waals surface area contributed by atoms with E-state index in [1.54, 1.807) is 0 Å². The Morgan fingerprint density at radius 3 is 1.09 bits per heavy atom. The monoisotopic (exact) mass is 1370 g/mol. The summed E-state index contributed by atoms with van der Waals surface area (Å²) in [7, 11) is 0. The van der Waals surface area contributed by atoms with Crippen LogP contribution in [0, 0.1) is 13.8 Å². The van der Waals surface area contributed by atoms with Crippen molar-refractivity contribution < 1.29 is 30.2 Å². The number of aromatic nitrogens is 2. The summed E-state index contributed by atoms with van der Waals surface area (Å²) < 4.78 is 222. The van der Waals surface area contributed by atoms with Gasteiger partial charge in [0.1, 0.15) is 0 Å². The second kappa shape index (κ2) is 21.6. The number of nitrogens with zero attached hydrogens (tertiary/aromatic N) is 4. The quantitative estimate of drug-likeness (QED) is 0.141. The van der Waals surface area contributed by atoms with Crippen LogP contribution in [0.5, 0.6) is 0 Å². The van der Waals surface area contributed by atoms with Gasteiger partial charge in [-0.1, -0.05) is 0 Å². The van der Waals surface area contributed by atoms with Crippen LogP contribution in [-0.4, -0.2) is 44.9 Å². The number of fused-ring (bicyclic) bond motifs is 14. The minimum atomic E-state index is -1.54. The molecule has 450 valence electrons. The van der Waals surface area contributed by atoms with Gasteiger partial charge in [-0.25, -0.2) is 0 Å². The zero-order valence-electron chi connectivity index (χ0n) is 73.7. The average Bonchev–Trinajstić information content (AvgIpc) is 1.64. The van der Waals surface area contributed by atoms with Crippen LogP contribution in [0.2, 0.25) is 0 Å². The topological polar surface area (TPSA) is 16.3 Å². The van der Waals surface area contributed by atoms with E-state index in [0.29, 0.717) is 56.0 Å². The van der Waals surface area contributed by atoms with Crippen LogP contribution >= 0.6 is 0 Å². The third-order valence-electron chi connectivity index (χ3n) is 18.5. The third-order valence-corrected chi connectivity index (χ3v) is 23.1. The van der Waals surface area contributed by atoms with E-state index in [2.05, 4.69) is 0 Å². The molecular formula is C88H63BN4Se2. The summed E-state index contributed by atoms with van der Waals surface area (Å²) in [5.41, 5.74) is 7.69. The molecule has 2 aliphatic heterocycles. The van der Waals surface area contributed by atoms with Crippen LogP contribution in [0.15, 0.2) is 291 Å². The summed E-state index contributed by atoms with van der Waals surface area (Å²) in [5, 5.41) is -0.132. The molecule has 17 aromatic rings. The summed E-state index contributed by atoms with van der Waals surface area (Å²) in [5.74, 6) is 0. The van der Waals surface area contributed by atoms with Crippen molar-refractivity contribution in [1.29, 1.82) is 0 Å². The van der Waals surface area contributed by atoms with Crippen molar-refractivity contribution in [3.05, 3.63) is 307 Å². The van der Waals surface area contributed by atoms with Gasteiger partial charge < -0.3 is 0 Å². The van der Waals surface area contributed by atoms with E-state index >= 15 is 0 Å². The average molecular weight is 1370 g/mol. The fraction of sp³-hybridized carbons (Fsp3) is 0.0682. The first-order valence-electron chi connectivity index (χ1n) is 42.2. The molecule has 2 aliphatic rings. The Morgan fingerprint density at radius 1 is 0.379 bits per heavy atom. The molecule has 19 rings (SSSR count). The second-order valence-corrected chi connectivity index (χ2v) is 29.4. The van der Waals surface area contributed by atoms with Gasteiger partial charge in [-0.05, 0) is 0 Å². The molecule has 0 N–H and O–H groups in total. The number of aryl methyl sites for hydroxylation is 2. The summed E-state index contributed by atoms with van der Waals surface area (Å²) >= 11 is -2.39. The molecule has 4 aromatic heterocycles. The van der Waals surface area contributed by atoms with Gasteiger partial charge in [0.15, 0.2) is 0 Å². The minimum absolute atomic E-state index is 0.00182. The Kier molecular flexibility index (Phi) is 8.67. The van der Waals surface area contributed by atoms with Gasteiger partial charge in [0.05, 0.1) is 0 Å². The van der Waals surface area contributed by atoms with E-state index in [0.717, 1.165) is 33.4 Å². The number of anilines is 6. The fourth-order valence-electron chi connectivity index (χ4n) is 14.4. The molecule has 4 nitrogen and oxygen atoms in total. The first-order chi connectivity index (χ1) is 55.8. The van der Waals surface area contributed by atoms with Crippen molar-refractivity contribution >= 4 is 147 Å². The second-order valence-electron chi connectivity index (χ2n) is 25.2. The van der Waals surface area contributed by atoms with Gasteiger partial charge in [-0.3, -0.25) is 0 Å². The van der Waals surface area contributed by atoms with Gasteiger partial charge in [0, 0.05) is 0 Å². The van der Waals surface area contributed by atoms with Gasteiger partial charge in [-0.15, -0.1) is 0 Å². The van der Waals surface area contributed by atoms with E-state index in [1.165, 1.54) is 9.13 Å². The first kappa shape index (κ1) is 38.1. The Hall–Kier alpha value is -10.4. The molecule has 0 spiro atoms. The molecular weight excluding hydrogens is 1280 g/mol. The predicted molar refractivity (Wildman–Crippen MR) is 408 cm³/mol. The van der Waals surface area contributed by atoms with Crippen molar-refractivity contribution in [1.82, 2.24) is 9.13 Å². The fourth-order valence-corrected chi connectivity index (χ4v) is 19.1. The molecule has 0 aliphatic carbocycles. The van der Waals surface area contributed by atoms with Crippen LogP contribution in [0.25, 0.3) is 117 Å². The van der Waals surface area contributed by atoms with E-state index < -0.39 is 162 Å². The van der Waals surface area contributed by atoms with E-state index in [9.17, 15) is 24.7 Å². The SMILES string of the molecule is [2H]c1c([2H])c(-n2c3[se]c4c([2H])c([2H])c([2H])c([2H])c4c3c3c([2H])c([2H])c([2H])c([2H])c32)c([2H])c2c1B1c3c(cc(C(C)(C)C)cc3N(c3c(-c4ccccc4)cc(C)cc3-c3ccccc3)c3c([2H])c(-n4c5[se]c6c([2H])c([2H])c([2H])c([2H])c6c5c5c([2H])c([2H])c([2H])c([2H])c54)c([2H])c([2H])c31)N2c1c(-c2ccccc2)cc(C)cc1-c1ccccc1. The number of para-hydroxylation sites is 2. The van der Waals surface area contributed by atoms with Crippen LogP contribution in [0.3, 0.4) is 0 Å². The zero-order valence-corrected chi connectivity index (χ0v) is 55.1. The molecule has 6 heterocycles. The Labute approximate surface area is 596 Å². The molecule has 0 unspecified atom stereocenters. The normalized spacial score (nSPS) is 16.1. The Morgan fingerprint density at radius 2 is 0.726 bits per heavy atom. The summed E-state index contributed by atoms with van der Waals surface area (Å²) in [6.45, 7) is 8.57. The summed E-state index contributed by atoms with van der Waals surface area (Å²) in [6.07, 6.45) is 0. The number of hydrogen-bond acceptors (Lipinski definition) is 2. The molecule has 0 atom stereocenters. The third kappa shape index (κ3) is 8.67. The van der Waals surface area contributed by atoms with Crippen molar-refractivity contribution in [3.63, 3.8) is 0 Å². The summed E-state index contributed by atoms with van der Waals surface area (Å²) in [4.78, 5) is 3.89. The van der Waals surface area contributed by atoms with Crippen molar-refractivity contribution in [3.8, 4) is 55.9 Å². The van der Waals surface area contributed by atoms with Crippen molar-refractivity contribution in [2.45, 2.75) is 40.0 Å². The first-order valence-corrected chi connectivity index (χ1v) is 34.6. The molecule has 0 amide bonds. The number of hydrogen-bond donors (Lipinski definition) is 0. The van der Waals surface area contributed by atoms with E-state index in [1.807, 2.05) is 202 Å². The molecule has 0 saturated carbocycles. The van der Waals surface area contributed by atoms with Gasteiger partial charge >= 0.3 is 599 Å². The number of rotatable bonds is 8. The zero-order chi connectivity index (χ0) is 82.5. The van der Waals surface area contributed by atoms with Crippen LogP contribution in [0.1, 0.15) is 67.6 Å². The number of benzene rings is 13. The van der Waals surface area contributed by atoms with Crippen LogP contribution < -0.4 is 26.2 Å². The van der Waals surface area contributed by atoms with Gasteiger partial charge in [-0.2, -0.15) is 0 Å². The van der Waals surface area contributed by atoms with Gasteiger partial charge in [0.2, 0.25) is 0 Å². The molecule has 0 saturated heterocycles. The molecule has 0 bridgehead atoms. The van der Waals surface area contributed by atoms with Crippen molar-refractivity contribution in [2.75, 3.05) is 9.80 Å². The molecule has 13 aromatic carbocycles. The van der Waals surface area contributed by atoms with Crippen molar-refractivity contribution in [2.24, 2.45) is 0 Å². The standard InChI is InChI=1S/C88H63BN4Se2/c1-54-46-67(56-26-10-6-11-27-56)84(68(47-54)57-28-12-7-13-29-57)92-75-52-61(90-73-38-22-18-34-63(73)81-65-36-20-24-40-79(65)94-86(81)90)42-44-71(75)89-72-45-43-62(91-74-39-23-19-35-64(74)82-66-37-21-25-41-80(66)95-87(82)91)53-76(72)93(78-51-60(88(3,4)5)50-77(92)83(78)89)85-69(58-30-14-8-15-31-58)48-55(2)49-70(85)59-32-16-9-17-33-59/h6-53H,1-5H3/i18D,19D,20D,21D,22D,23D,24D,25D,34D,35D,36D,37D,38D,39D,40D,41D,42D,43D,44D,45D,52D,53D. The maximum atomic E-state index is 11.7. The van der Waals surface area contributed by atoms with Crippen LogP contribution in [0.4, 0.5) is 34.1 Å². The van der Waals surface area contributed by atoms with Gasteiger partial charge in [0.25, 0.3) is 0 Å². The van der Waals surface area contributed by atoms with E-state index in [-0.39, 0.29) is 106 Å². The molecule has 7 heteroatoms. The maximum absolute atomic E-state index is 11.7. The molecule has 0 radical (unpaired) electrons. The summed E-state index contributed by atoms with van der Waals surface area (Å²) in [6, 6.07) is 38.7. The Balaban J connectivity index is 1.07. The molecule has 0 fully saturated rings. The Bertz CT molecular complexity index is 6820. The molecule has 95 heavy (non-hydrogen) atoms. The van der Waals surface area contributed by atoms with Crippen LogP contribution in [-0.2, 0) is 5.41 Å².